The van der Waals surface area contributed by atoms with Gasteiger partial charge in [0.2, 0.25) is 0 Å². The number of amides is 2. The molecule has 0 fully saturated rings. The molecule has 0 unspecified atom stereocenters. The van der Waals surface area contributed by atoms with Crippen LogP contribution in [-0.2, 0) is 17.8 Å². The maximum Gasteiger partial charge on any atom is 0.320 e. The highest BCUT2D eigenvalue weighted by atomic mass is 16.4. The predicted octanol–water partition coefficient (Wildman–Crippen LogP) is 0.219. The molecular formula is C14H19N5O3. The van der Waals surface area contributed by atoms with Gasteiger partial charge >= 0.3 is 12.0 Å². The summed E-state index contributed by atoms with van der Waals surface area (Å²) in [6.07, 6.45) is 3.34. The third-order valence-electron chi connectivity index (χ3n) is 2.62. The fraction of sp³-hybridized carbons (Fsp3) is 0.214. The third kappa shape index (κ3) is 7.06. The number of nitrogens with one attached hydrogen (secondary N) is 2. The number of aromatic amines is 1. The van der Waals surface area contributed by atoms with Crippen molar-refractivity contribution in [2.45, 2.75) is 19.0 Å². The Hall–Kier alpha value is -2.87. The highest BCUT2D eigenvalue weighted by molar-refractivity contribution is 5.73. The number of nitrogens with zero attached hydrogens (tertiary/aromatic N) is 1. The van der Waals surface area contributed by atoms with Gasteiger partial charge in [0, 0.05) is 24.9 Å². The zero-order chi connectivity index (χ0) is 16.4. The molecule has 0 aliphatic rings. The molecule has 2 amide bonds. The van der Waals surface area contributed by atoms with Crippen LogP contribution in [0.2, 0.25) is 0 Å². The summed E-state index contributed by atoms with van der Waals surface area (Å²) in [5.74, 6) is -1.00. The fourth-order valence-corrected chi connectivity index (χ4v) is 1.51. The van der Waals surface area contributed by atoms with E-state index < -0.39 is 18.0 Å². The molecule has 8 nitrogen and oxygen atoms in total. The van der Waals surface area contributed by atoms with E-state index in [2.05, 4.69) is 15.3 Å². The van der Waals surface area contributed by atoms with E-state index in [1.54, 1.807) is 6.20 Å². The molecule has 0 bridgehead atoms. The molecule has 0 saturated carbocycles. The van der Waals surface area contributed by atoms with Gasteiger partial charge in [-0.3, -0.25) is 4.79 Å². The van der Waals surface area contributed by atoms with Crippen LogP contribution in [0.5, 0.6) is 0 Å². The molecular weight excluding hydrogens is 286 g/mol. The number of hydrogen-bond donors (Lipinski definition) is 5. The summed E-state index contributed by atoms with van der Waals surface area (Å²) in [4.78, 5) is 27.0. The van der Waals surface area contributed by atoms with Crippen molar-refractivity contribution in [3.8, 4) is 0 Å². The topological polar surface area (TPSA) is 147 Å². The van der Waals surface area contributed by atoms with Crippen molar-refractivity contribution in [3.05, 3.63) is 54.1 Å². The monoisotopic (exact) mass is 305 g/mol. The van der Waals surface area contributed by atoms with Crippen LogP contribution in [0.1, 0.15) is 11.3 Å². The number of rotatable bonds is 5. The molecule has 22 heavy (non-hydrogen) atoms. The van der Waals surface area contributed by atoms with E-state index >= 15 is 0 Å². The van der Waals surface area contributed by atoms with E-state index in [9.17, 15) is 9.59 Å². The number of carboxylic acid groups (broad SMARTS) is 1. The van der Waals surface area contributed by atoms with Gasteiger partial charge in [-0.1, -0.05) is 30.3 Å². The van der Waals surface area contributed by atoms with E-state index in [-0.39, 0.29) is 6.42 Å². The van der Waals surface area contributed by atoms with Crippen molar-refractivity contribution < 1.29 is 14.7 Å². The Morgan fingerprint density at radius 3 is 2.50 bits per heavy atom. The summed E-state index contributed by atoms with van der Waals surface area (Å²) in [7, 11) is 0. The van der Waals surface area contributed by atoms with Crippen LogP contribution in [0, 0.1) is 0 Å². The van der Waals surface area contributed by atoms with E-state index in [0.717, 1.165) is 11.3 Å². The van der Waals surface area contributed by atoms with Gasteiger partial charge in [-0.05, 0) is 5.56 Å². The summed E-state index contributed by atoms with van der Waals surface area (Å²) in [5.41, 5.74) is 11.9. The number of hydrogen-bond acceptors (Lipinski definition) is 4. The van der Waals surface area contributed by atoms with Gasteiger partial charge in [-0.15, -0.1) is 0 Å². The summed E-state index contributed by atoms with van der Waals surface area (Å²) >= 11 is 0. The number of carbonyl (C=O) groups is 2. The number of benzene rings is 1. The Morgan fingerprint density at radius 1 is 1.32 bits per heavy atom. The SMILES string of the molecule is NC(=O)NCc1ccccc1.N[C@@H](Cc1cnc[nH]1)C(=O)O. The Bertz CT molecular complexity index is 571. The van der Waals surface area contributed by atoms with Crippen molar-refractivity contribution in [2.75, 3.05) is 0 Å². The van der Waals surface area contributed by atoms with Crippen molar-refractivity contribution in [2.24, 2.45) is 11.5 Å². The quantitative estimate of drug-likeness (QED) is 0.536. The smallest absolute Gasteiger partial charge is 0.320 e. The van der Waals surface area contributed by atoms with Crippen molar-refractivity contribution in [3.63, 3.8) is 0 Å². The van der Waals surface area contributed by atoms with Crippen LogP contribution in [0.3, 0.4) is 0 Å². The second kappa shape index (κ2) is 9.14. The van der Waals surface area contributed by atoms with E-state index in [0.29, 0.717) is 6.54 Å². The highest BCUT2D eigenvalue weighted by Crippen LogP contribution is 1.96. The minimum Gasteiger partial charge on any atom is -0.480 e. The molecule has 1 heterocycles. The number of aliphatic carboxylic acids is 1. The molecule has 0 aliphatic carbocycles. The normalized spacial score (nSPS) is 11.0. The van der Waals surface area contributed by atoms with Crippen molar-refractivity contribution in [1.82, 2.24) is 15.3 Å². The zero-order valence-corrected chi connectivity index (χ0v) is 11.9. The number of nitrogens with two attached hydrogens (primary N) is 2. The second-order valence-electron chi connectivity index (χ2n) is 4.43. The average molecular weight is 305 g/mol. The number of aromatic nitrogens is 2. The number of imidazole rings is 1. The first-order valence-corrected chi connectivity index (χ1v) is 6.52. The zero-order valence-electron chi connectivity index (χ0n) is 11.9. The van der Waals surface area contributed by atoms with Gasteiger partial charge in [0.15, 0.2) is 0 Å². The molecule has 2 rings (SSSR count). The lowest BCUT2D eigenvalue weighted by molar-refractivity contribution is -0.138. The molecule has 7 N–H and O–H groups in total. The second-order valence-corrected chi connectivity index (χ2v) is 4.43. The Labute approximate surface area is 127 Å². The Morgan fingerprint density at radius 2 is 2.00 bits per heavy atom. The molecule has 0 saturated heterocycles. The van der Waals surface area contributed by atoms with Gasteiger partial charge in [-0.25, -0.2) is 9.78 Å². The first-order chi connectivity index (χ1) is 10.5. The first kappa shape index (κ1) is 17.2. The van der Waals surface area contributed by atoms with Crippen LogP contribution in [0.4, 0.5) is 4.79 Å². The van der Waals surface area contributed by atoms with Crippen LogP contribution in [0.25, 0.3) is 0 Å². The number of urea groups is 1. The van der Waals surface area contributed by atoms with Crippen molar-refractivity contribution >= 4 is 12.0 Å². The van der Waals surface area contributed by atoms with Gasteiger partial charge in [0.1, 0.15) is 6.04 Å². The molecule has 0 radical (unpaired) electrons. The highest BCUT2D eigenvalue weighted by Gasteiger charge is 2.12. The summed E-state index contributed by atoms with van der Waals surface area (Å²) in [5, 5.41) is 10.9. The summed E-state index contributed by atoms with van der Waals surface area (Å²) < 4.78 is 0. The van der Waals surface area contributed by atoms with Crippen LogP contribution < -0.4 is 16.8 Å². The Balaban J connectivity index is 0.000000220. The van der Waals surface area contributed by atoms with E-state index in [1.165, 1.54) is 6.33 Å². The van der Waals surface area contributed by atoms with E-state index in [4.69, 9.17) is 16.6 Å². The van der Waals surface area contributed by atoms with Crippen LogP contribution in [-0.4, -0.2) is 33.1 Å². The average Bonchev–Trinajstić information content (AvgIpc) is 3.00. The van der Waals surface area contributed by atoms with Gasteiger partial charge in [-0.2, -0.15) is 0 Å². The maximum absolute atomic E-state index is 10.3. The third-order valence-corrected chi connectivity index (χ3v) is 2.62. The number of primary amides is 1. The van der Waals surface area contributed by atoms with Crippen LogP contribution in [0.15, 0.2) is 42.9 Å². The molecule has 0 aliphatic heterocycles. The molecule has 2 aromatic rings. The van der Waals surface area contributed by atoms with Crippen LogP contribution >= 0.6 is 0 Å². The Kier molecular flexibility index (Phi) is 7.14. The molecule has 0 spiro atoms. The minimum absolute atomic E-state index is 0.287. The van der Waals surface area contributed by atoms with E-state index in [1.807, 2.05) is 30.3 Å². The molecule has 1 aromatic heterocycles. The lowest BCUT2D eigenvalue weighted by Gasteiger charge is -2.02. The first-order valence-electron chi connectivity index (χ1n) is 6.52. The summed E-state index contributed by atoms with van der Waals surface area (Å²) in [6, 6.07) is 8.26. The largest absolute Gasteiger partial charge is 0.480 e. The molecule has 118 valence electrons. The number of carboxylic acids is 1. The predicted molar refractivity (Wildman–Crippen MR) is 80.8 cm³/mol. The van der Waals surface area contributed by atoms with Gasteiger partial charge in [0.25, 0.3) is 0 Å². The van der Waals surface area contributed by atoms with Gasteiger partial charge in [0.05, 0.1) is 6.33 Å². The lowest BCUT2D eigenvalue weighted by Crippen LogP contribution is -2.32. The maximum atomic E-state index is 10.3. The molecule has 1 atom stereocenters. The number of carbonyl (C=O) groups excluding carboxylic acids is 1. The van der Waals surface area contributed by atoms with Crippen molar-refractivity contribution in [1.29, 1.82) is 0 Å². The molecule has 8 heteroatoms. The number of H-pyrrole nitrogens is 1. The molecule has 1 aromatic carbocycles. The fourth-order valence-electron chi connectivity index (χ4n) is 1.51. The lowest BCUT2D eigenvalue weighted by atomic mass is 10.2. The van der Waals surface area contributed by atoms with Gasteiger partial charge < -0.3 is 26.9 Å². The summed E-state index contributed by atoms with van der Waals surface area (Å²) in [6.45, 7) is 0.496. The minimum atomic E-state index is -1.00. The standard InChI is InChI=1S/C8H10N2O.C6H9N3O2/c9-8(11)10-6-7-4-2-1-3-5-7;7-5(6(10)11)1-4-2-8-3-9-4/h1-5H,6H2,(H3,9,10,11);2-3,5H,1,7H2,(H,8,9)(H,10,11)/t;5-/m.0/s1.